The van der Waals surface area contributed by atoms with E-state index in [4.69, 9.17) is 0 Å². The second-order valence-corrected chi connectivity index (χ2v) is 9.10. The van der Waals surface area contributed by atoms with Crippen molar-refractivity contribution in [2.24, 2.45) is 0 Å². The van der Waals surface area contributed by atoms with Gasteiger partial charge in [0.2, 0.25) is 15.8 Å². The van der Waals surface area contributed by atoms with Gasteiger partial charge in [0.25, 0.3) is 0 Å². The summed E-state index contributed by atoms with van der Waals surface area (Å²) in [5.74, 6) is -2.17. The minimum absolute atomic E-state index is 0.0270. The van der Waals surface area contributed by atoms with Gasteiger partial charge in [-0.25, -0.2) is 12.8 Å². The van der Waals surface area contributed by atoms with Gasteiger partial charge in [0.05, 0.1) is 9.77 Å². The summed E-state index contributed by atoms with van der Waals surface area (Å²) in [6, 6.07) is 6.09. The Bertz CT molecular complexity index is 1120. The standard InChI is InChI=1S/C16H11F4N3O3S2/c17-10-1-3-11(4-2-10)28(24,25)23-6-5-12-9(8-23)7-13(27-12)14-21-15(26-22-14)16(18,19)20/h1-4,7H,5-6,8H2. The smallest absolute Gasteiger partial charge is 0.329 e. The van der Waals surface area contributed by atoms with Crippen molar-refractivity contribution in [3.05, 3.63) is 52.5 Å². The molecule has 3 aromatic rings. The first-order valence-electron chi connectivity index (χ1n) is 7.93. The van der Waals surface area contributed by atoms with E-state index in [1.165, 1.54) is 27.8 Å². The van der Waals surface area contributed by atoms with Crippen molar-refractivity contribution in [1.29, 1.82) is 0 Å². The molecule has 0 fully saturated rings. The molecule has 0 unspecified atom stereocenters. The summed E-state index contributed by atoms with van der Waals surface area (Å²) in [5, 5.41) is 3.36. The average Bonchev–Trinajstić information content (AvgIpc) is 3.28. The first-order chi connectivity index (χ1) is 13.1. The summed E-state index contributed by atoms with van der Waals surface area (Å²) in [4.78, 5) is 4.54. The molecule has 28 heavy (non-hydrogen) atoms. The first kappa shape index (κ1) is 19.0. The Morgan fingerprint density at radius 1 is 1.18 bits per heavy atom. The fraction of sp³-hybridized carbons (Fsp3) is 0.250. The predicted molar refractivity (Wildman–Crippen MR) is 90.3 cm³/mol. The van der Waals surface area contributed by atoms with Gasteiger partial charge in [0.1, 0.15) is 5.82 Å². The number of nitrogens with zero attached hydrogens (tertiary/aromatic N) is 3. The van der Waals surface area contributed by atoms with Crippen LogP contribution >= 0.6 is 11.3 Å². The van der Waals surface area contributed by atoms with Crippen molar-refractivity contribution >= 4 is 21.4 Å². The molecule has 6 nitrogen and oxygen atoms in total. The summed E-state index contributed by atoms with van der Waals surface area (Å²) >= 11 is 1.20. The topological polar surface area (TPSA) is 76.3 Å². The largest absolute Gasteiger partial charge is 0.471 e. The summed E-state index contributed by atoms with van der Waals surface area (Å²) in [6.45, 7) is 0.252. The molecule has 0 atom stereocenters. The lowest BCUT2D eigenvalue weighted by atomic mass is 10.1. The van der Waals surface area contributed by atoms with E-state index in [2.05, 4.69) is 14.7 Å². The zero-order chi connectivity index (χ0) is 20.1. The average molecular weight is 433 g/mol. The minimum atomic E-state index is -4.73. The van der Waals surface area contributed by atoms with Crippen LogP contribution in [0.3, 0.4) is 0 Å². The molecule has 2 aromatic heterocycles. The molecule has 148 valence electrons. The van der Waals surface area contributed by atoms with Gasteiger partial charge in [0.15, 0.2) is 0 Å². The van der Waals surface area contributed by atoms with Crippen LogP contribution in [0.15, 0.2) is 39.8 Å². The lowest BCUT2D eigenvalue weighted by Gasteiger charge is -2.26. The molecule has 0 saturated carbocycles. The van der Waals surface area contributed by atoms with Gasteiger partial charge in [-0.3, -0.25) is 0 Å². The molecule has 4 rings (SSSR count). The molecule has 1 aromatic carbocycles. The number of sulfonamides is 1. The van der Waals surface area contributed by atoms with Gasteiger partial charge >= 0.3 is 12.1 Å². The van der Waals surface area contributed by atoms with Crippen molar-refractivity contribution in [1.82, 2.24) is 14.4 Å². The van der Waals surface area contributed by atoms with Crippen LogP contribution in [-0.2, 0) is 29.2 Å². The van der Waals surface area contributed by atoms with E-state index in [-0.39, 0.29) is 23.8 Å². The SMILES string of the molecule is O=S(=O)(c1ccc(F)cc1)N1CCc2sc(-c3noc(C(F)(F)F)n3)cc2C1. The van der Waals surface area contributed by atoms with Crippen LogP contribution in [0.25, 0.3) is 10.7 Å². The second-order valence-electron chi connectivity index (χ2n) is 6.02. The maximum absolute atomic E-state index is 13.1. The number of fused-ring (bicyclic) bond motifs is 1. The van der Waals surface area contributed by atoms with Crippen LogP contribution < -0.4 is 0 Å². The molecule has 0 bridgehead atoms. The normalized spacial score (nSPS) is 15.6. The molecule has 0 saturated heterocycles. The summed E-state index contributed by atoms with van der Waals surface area (Å²) in [5.41, 5.74) is 0.662. The summed E-state index contributed by atoms with van der Waals surface area (Å²) in [7, 11) is -3.82. The van der Waals surface area contributed by atoms with Crippen LogP contribution in [0.5, 0.6) is 0 Å². The van der Waals surface area contributed by atoms with Gasteiger partial charge in [-0.05, 0) is 42.3 Å². The number of thiophene rings is 1. The Labute approximate surface area is 160 Å². The summed E-state index contributed by atoms with van der Waals surface area (Å²) < 4.78 is 81.9. The molecule has 0 aliphatic carbocycles. The van der Waals surface area contributed by atoms with Crippen LogP contribution in [-0.4, -0.2) is 29.4 Å². The van der Waals surface area contributed by atoms with Crippen molar-refractivity contribution in [3.63, 3.8) is 0 Å². The third-order valence-corrected chi connectivity index (χ3v) is 7.26. The van der Waals surface area contributed by atoms with E-state index in [0.717, 1.165) is 17.0 Å². The molecular weight excluding hydrogens is 422 g/mol. The van der Waals surface area contributed by atoms with Gasteiger partial charge < -0.3 is 4.52 Å². The highest BCUT2D eigenvalue weighted by molar-refractivity contribution is 7.89. The highest BCUT2D eigenvalue weighted by Crippen LogP contribution is 2.36. The van der Waals surface area contributed by atoms with Crippen molar-refractivity contribution in [2.45, 2.75) is 24.0 Å². The molecule has 1 aliphatic heterocycles. The van der Waals surface area contributed by atoms with Crippen LogP contribution in [0, 0.1) is 5.82 Å². The molecule has 0 spiro atoms. The highest BCUT2D eigenvalue weighted by atomic mass is 32.2. The zero-order valence-corrected chi connectivity index (χ0v) is 15.5. The second kappa shape index (κ2) is 6.64. The number of halogens is 4. The number of alkyl halides is 3. The third kappa shape index (κ3) is 3.42. The lowest BCUT2D eigenvalue weighted by Crippen LogP contribution is -2.35. The molecule has 12 heteroatoms. The molecule has 3 heterocycles. The first-order valence-corrected chi connectivity index (χ1v) is 10.2. The third-order valence-electron chi connectivity index (χ3n) is 4.17. The number of hydrogen-bond donors (Lipinski definition) is 0. The molecular formula is C16H11F4N3O3S2. The Morgan fingerprint density at radius 3 is 2.54 bits per heavy atom. The van der Waals surface area contributed by atoms with E-state index in [9.17, 15) is 26.0 Å². The highest BCUT2D eigenvalue weighted by Gasteiger charge is 2.39. The zero-order valence-electron chi connectivity index (χ0n) is 13.9. The van der Waals surface area contributed by atoms with Crippen LogP contribution in [0.1, 0.15) is 16.3 Å². The van der Waals surface area contributed by atoms with Crippen molar-refractivity contribution < 1.29 is 30.5 Å². The molecule has 0 amide bonds. The fourth-order valence-electron chi connectivity index (χ4n) is 2.82. The van der Waals surface area contributed by atoms with Crippen LogP contribution in [0.4, 0.5) is 17.6 Å². The quantitative estimate of drug-likeness (QED) is 0.589. The predicted octanol–water partition coefficient (Wildman–Crippen LogP) is 3.70. The Morgan fingerprint density at radius 2 is 1.89 bits per heavy atom. The van der Waals surface area contributed by atoms with E-state index >= 15 is 0 Å². The maximum Gasteiger partial charge on any atom is 0.471 e. The van der Waals surface area contributed by atoms with Crippen molar-refractivity contribution in [2.75, 3.05) is 6.54 Å². The Balaban J connectivity index is 1.60. The van der Waals surface area contributed by atoms with Gasteiger partial charge in [0, 0.05) is 18.0 Å². The molecule has 0 N–H and O–H groups in total. The van der Waals surface area contributed by atoms with Gasteiger partial charge in [-0.15, -0.1) is 11.3 Å². The van der Waals surface area contributed by atoms with Crippen LogP contribution in [0.2, 0.25) is 0 Å². The summed E-state index contributed by atoms with van der Waals surface area (Å²) in [6.07, 6.45) is -4.34. The minimum Gasteiger partial charge on any atom is -0.329 e. The Kier molecular flexibility index (Phi) is 4.51. The molecule has 0 radical (unpaired) electrons. The van der Waals surface area contributed by atoms with E-state index in [1.54, 1.807) is 6.07 Å². The monoisotopic (exact) mass is 433 g/mol. The van der Waals surface area contributed by atoms with E-state index < -0.39 is 27.9 Å². The van der Waals surface area contributed by atoms with E-state index in [0.29, 0.717) is 16.9 Å². The number of rotatable bonds is 3. The Hall–Kier alpha value is -2.31. The number of hydrogen-bond acceptors (Lipinski definition) is 6. The maximum atomic E-state index is 13.1. The van der Waals surface area contributed by atoms with Gasteiger partial charge in [-0.1, -0.05) is 5.16 Å². The van der Waals surface area contributed by atoms with Crippen molar-refractivity contribution in [3.8, 4) is 10.7 Å². The van der Waals surface area contributed by atoms with Gasteiger partial charge in [-0.2, -0.15) is 22.5 Å². The van der Waals surface area contributed by atoms with E-state index in [1.807, 2.05) is 0 Å². The fourth-order valence-corrected chi connectivity index (χ4v) is 5.32. The lowest BCUT2D eigenvalue weighted by molar-refractivity contribution is -0.159. The molecule has 1 aliphatic rings. The number of aromatic nitrogens is 2. The number of benzene rings is 1.